The summed E-state index contributed by atoms with van der Waals surface area (Å²) in [6, 6.07) is 30.7. The van der Waals surface area contributed by atoms with Crippen LogP contribution in [0.4, 0.5) is 11.4 Å². The monoisotopic (exact) mass is 1100 g/mol. The molecule has 422 valence electrons. The number of nitrogen functional groups attached to an aromatic ring is 1. The number of aromatic nitrogens is 1. The zero-order valence-electron chi connectivity index (χ0n) is 47.0. The van der Waals surface area contributed by atoms with E-state index in [9.17, 15) is 19.2 Å². The number of fused-ring (bicyclic) bond motifs is 1. The summed E-state index contributed by atoms with van der Waals surface area (Å²) in [6.45, 7) is 22.6. The lowest BCUT2D eigenvalue weighted by Crippen LogP contribution is -2.48. The van der Waals surface area contributed by atoms with Gasteiger partial charge in [-0.25, -0.2) is 4.98 Å². The number of anilines is 2. The Kier molecular flexibility index (Phi) is 32.9. The third-order valence-electron chi connectivity index (χ3n) is 12.4. The number of aldehydes is 1. The minimum atomic E-state index is -0.231. The minimum Gasteiger partial charge on any atom is -0.399 e. The normalized spacial score (nSPS) is 14.9. The number of nitrogens with two attached hydrogens (primary N) is 3. The number of benzene rings is 4. The Morgan fingerprint density at radius 2 is 1.43 bits per heavy atom. The van der Waals surface area contributed by atoms with Crippen molar-refractivity contribution in [3.63, 3.8) is 0 Å². The Balaban J connectivity index is 0.000000385. The molecule has 0 saturated carbocycles. The average molecular weight is 1100 g/mol. The van der Waals surface area contributed by atoms with Crippen LogP contribution in [0.2, 0.25) is 5.02 Å². The van der Waals surface area contributed by atoms with E-state index in [0.717, 1.165) is 112 Å². The molecule has 2 saturated heterocycles. The number of rotatable bonds is 14. The van der Waals surface area contributed by atoms with E-state index in [1.54, 1.807) is 42.5 Å². The van der Waals surface area contributed by atoms with Gasteiger partial charge >= 0.3 is 0 Å². The Hall–Kier alpha value is -6.01. The maximum absolute atomic E-state index is 11.9. The first-order valence-corrected chi connectivity index (χ1v) is 28.0. The molecule has 4 heterocycles. The van der Waals surface area contributed by atoms with E-state index in [-0.39, 0.29) is 29.7 Å². The zero-order valence-corrected chi connectivity index (χ0v) is 48.6. The molecule has 0 radical (unpaired) electrons. The SMILES string of the molecule is CC.CC(=O)N1CCCc2cc(-c3ccc(CCCCCN4CCN(CC(N)=O)CC4)cc3)ccc21.CC(C)(C)CC=O.CN1CCC(O)C1.Cc1ncsc1-c1ccc(CNC=O)cc1.NC=O.Nc1ccc(Cl)cc1. The molecule has 2 fully saturated rings. The van der Waals surface area contributed by atoms with Crippen LogP contribution in [-0.4, -0.2) is 128 Å². The second kappa shape index (κ2) is 37.7. The predicted octanol–water partition coefficient (Wildman–Crippen LogP) is 9.19. The maximum Gasteiger partial charge on any atom is 0.231 e. The summed E-state index contributed by atoms with van der Waals surface area (Å²) in [5.74, 6) is -0.106. The zero-order chi connectivity index (χ0) is 57.2. The first-order chi connectivity index (χ1) is 36.9. The molecule has 0 bridgehead atoms. The molecule has 3 aliphatic heterocycles. The number of likely N-dealkylation sites (tertiary alicyclic amines) is 1. The van der Waals surface area contributed by atoms with Crippen molar-refractivity contribution in [1.29, 1.82) is 0 Å². The highest BCUT2D eigenvalue weighted by Gasteiger charge is 2.21. The first-order valence-electron chi connectivity index (χ1n) is 26.7. The number of thiazole rings is 1. The van der Waals surface area contributed by atoms with Crippen molar-refractivity contribution >= 4 is 65.2 Å². The maximum atomic E-state index is 11.9. The molecular formula is C60H88ClN9O6S. The Bertz CT molecular complexity index is 2410. The Morgan fingerprint density at radius 3 is 1.91 bits per heavy atom. The number of unbranched alkanes of at least 4 members (excludes halogenated alkanes) is 2. The number of hydrogen-bond donors (Lipinski definition) is 5. The third-order valence-corrected chi connectivity index (χ3v) is 13.7. The topological polar surface area (TPSA) is 222 Å². The lowest BCUT2D eigenvalue weighted by molar-refractivity contribution is -0.119. The van der Waals surface area contributed by atoms with Crippen molar-refractivity contribution in [3.8, 4) is 21.6 Å². The van der Waals surface area contributed by atoms with Crippen molar-refractivity contribution in [3.05, 3.63) is 124 Å². The number of carbonyl (C=O) groups excluding carboxylic acids is 5. The molecule has 0 aliphatic carbocycles. The number of hydrogen-bond acceptors (Lipinski definition) is 12. The van der Waals surface area contributed by atoms with E-state index in [0.29, 0.717) is 25.9 Å². The first kappa shape index (κ1) is 67.1. The molecule has 8 rings (SSSR count). The second-order valence-corrected chi connectivity index (χ2v) is 21.3. The third kappa shape index (κ3) is 27.7. The summed E-state index contributed by atoms with van der Waals surface area (Å²) >= 11 is 7.20. The standard InChI is InChI=1S/C28H38N4O2.C12H12N2OS.C6H6ClN.C6H12O.C5H11NO.C2H6.CH3NO/c1-22(33)32-15-5-7-26-20-25(12-13-27(26)32)24-10-8-23(9-11-24)6-3-2-4-14-30-16-18-31(19-17-30)21-28(29)34;1-9-12(16-8-14-9)11-4-2-10(3-5-11)6-13-7-15;7-5-1-3-6(8)4-2-5;1-6(2,3)4-5-7;1-6-3-2-5(7)4-6;1-2;2-1-3/h8-13,20H,2-7,14-19,21H2,1H3,(H2,29,34);2-5,7-8H,6H2,1H3,(H,13,15);1-4H,8H2;5H,4H2,1-3H3;5,7H,2-4H2,1H3;1-2H3;1H,(H2,2,3). The van der Waals surface area contributed by atoms with Crippen molar-refractivity contribution in [2.75, 3.05) is 76.6 Å². The van der Waals surface area contributed by atoms with Gasteiger partial charge in [0.25, 0.3) is 0 Å². The van der Waals surface area contributed by atoms with Gasteiger partial charge in [-0.2, -0.15) is 0 Å². The fourth-order valence-electron chi connectivity index (χ4n) is 8.34. The molecule has 1 unspecified atom stereocenters. The number of carbonyl (C=O) groups is 5. The van der Waals surface area contributed by atoms with Crippen LogP contribution in [-0.2, 0) is 43.4 Å². The lowest BCUT2D eigenvalue weighted by atomic mass is 9.93. The summed E-state index contributed by atoms with van der Waals surface area (Å²) in [5, 5.41) is 12.2. The van der Waals surface area contributed by atoms with Gasteiger partial charge in [-0.05, 0) is 134 Å². The van der Waals surface area contributed by atoms with Crippen LogP contribution < -0.4 is 27.4 Å². The summed E-state index contributed by atoms with van der Waals surface area (Å²) in [4.78, 5) is 65.6. The molecule has 5 aromatic rings. The number of piperazine rings is 1. The fraction of sp³-hybridized carbons (Fsp3) is 0.467. The molecule has 15 nitrogen and oxygen atoms in total. The molecule has 77 heavy (non-hydrogen) atoms. The molecule has 4 amide bonds. The predicted molar refractivity (Wildman–Crippen MR) is 319 cm³/mol. The van der Waals surface area contributed by atoms with Crippen LogP contribution in [0.1, 0.15) is 102 Å². The highest BCUT2D eigenvalue weighted by molar-refractivity contribution is 7.13. The van der Waals surface area contributed by atoms with Crippen molar-refractivity contribution in [2.24, 2.45) is 16.9 Å². The van der Waals surface area contributed by atoms with Crippen molar-refractivity contribution in [2.45, 2.75) is 112 Å². The summed E-state index contributed by atoms with van der Waals surface area (Å²) in [7, 11) is 2.02. The molecular weight excluding hydrogens is 1010 g/mol. The van der Waals surface area contributed by atoms with Crippen LogP contribution in [0.3, 0.4) is 0 Å². The molecule has 3 aliphatic rings. The van der Waals surface area contributed by atoms with E-state index < -0.39 is 0 Å². The van der Waals surface area contributed by atoms with Crippen molar-refractivity contribution < 1.29 is 29.1 Å². The molecule has 17 heteroatoms. The van der Waals surface area contributed by atoms with Gasteiger partial charge in [0.15, 0.2) is 0 Å². The number of aliphatic hydroxyl groups excluding tert-OH is 1. The summed E-state index contributed by atoms with van der Waals surface area (Å²) in [5.41, 5.74) is 27.1. The van der Waals surface area contributed by atoms with Gasteiger partial charge in [0, 0.05) is 82.1 Å². The van der Waals surface area contributed by atoms with Gasteiger partial charge < -0.3 is 47.1 Å². The van der Waals surface area contributed by atoms with Crippen LogP contribution in [0.5, 0.6) is 0 Å². The van der Waals surface area contributed by atoms with Crippen LogP contribution in [0.25, 0.3) is 21.6 Å². The highest BCUT2D eigenvalue weighted by atomic mass is 35.5. The largest absolute Gasteiger partial charge is 0.399 e. The van der Waals surface area contributed by atoms with Gasteiger partial charge in [0.2, 0.25) is 24.6 Å². The summed E-state index contributed by atoms with van der Waals surface area (Å²) < 4.78 is 0. The number of nitrogens with one attached hydrogen (secondary N) is 1. The van der Waals surface area contributed by atoms with Crippen molar-refractivity contribution in [1.82, 2.24) is 25.0 Å². The van der Waals surface area contributed by atoms with Gasteiger partial charge in [0.1, 0.15) is 6.29 Å². The molecule has 0 spiro atoms. The average Bonchev–Trinajstić information content (AvgIpc) is 4.03. The van der Waals surface area contributed by atoms with E-state index >= 15 is 0 Å². The quantitative estimate of drug-likeness (QED) is 0.0401. The van der Waals surface area contributed by atoms with E-state index in [1.807, 2.05) is 71.1 Å². The number of aliphatic hydroxyl groups is 1. The molecule has 4 aromatic carbocycles. The fourth-order valence-corrected chi connectivity index (χ4v) is 9.27. The van der Waals surface area contributed by atoms with Gasteiger partial charge in [-0.3, -0.25) is 24.1 Å². The van der Waals surface area contributed by atoms with Gasteiger partial charge in [0.05, 0.1) is 28.7 Å². The number of nitrogens with zero attached hydrogens (tertiary/aromatic N) is 5. The van der Waals surface area contributed by atoms with Crippen LogP contribution in [0, 0.1) is 12.3 Å². The van der Waals surface area contributed by atoms with Crippen LogP contribution >= 0.6 is 22.9 Å². The molecule has 8 N–H and O–H groups in total. The summed E-state index contributed by atoms with van der Waals surface area (Å²) in [6.07, 6.45) is 10.3. The Morgan fingerprint density at radius 1 is 0.831 bits per heavy atom. The van der Waals surface area contributed by atoms with Crippen LogP contribution in [0.15, 0.2) is 96.5 Å². The molecule has 1 atom stereocenters. The van der Waals surface area contributed by atoms with E-state index in [2.05, 4.69) is 85.3 Å². The minimum absolute atomic E-state index is 0.0509. The Labute approximate surface area is 468 Å². The highest BCUT2D eigenvalue weighted by Crippen LogP contribution is 2.32. The number of amides is 4. The molecule has 1 aromatic heterocycles. The van der Waals surface area contributed by atoms with Gasteiger partial charge in [-0.15, -0.1) is 11.3 Å². The van der Waals surface area contributed by atoms with E-state index in [4.69, 9.17) is 33.0 Å². The second-order valence-electron chi connectivity index (χ2n) is 20.0. The number of aryl methyl sites for hydroxylation is 3. The van der Waals surface area contributed by atoms with E-state index in [1.165, 1.54) is 52.0 Å². The lowest BCUT2D eigenvalue weighted by Gasteiger charge is -2.33. The number of halogens is 1. The van der Waals surface area contributed by atoms with Gasteiger partial charge in [-0.1, -0.05) is 107 Å². The number of primary amides is 2. The number of β-amino-alcohol motifs (C(OH)–C–C–N with tert-alkyl or cyclic N) is 1. The number of likely N-dealkylation sites (N-methyl/N-ethyl adjacent to an activating group) is 1. The smallest absolute Gasteiger partial charge is 0.231 e.